The highest BCUT2D eigenvalue weighted by Gasteiger charge is 2.33. The van der Waals surface area contributed by atoms with Crippen molar-refractivity contribution in [3.63, 3.8) is 0 Å². The van der Waals surface area contributed by atoms with Crippen LogP contribution >= 0.6 is 0 Å². The van der Waals surface area contributed by atoms with Crippen molar-refractivity contribution in [1.29, 1.82) is 0 Å². The van der Waals surface area contributed by atoms with Crippen molar-refractivity contribution in [3.8, 4) is 0 Å². The molecule has 0 amide bonds. The molecule has 104 valence electrons. The Hall–Kier alpha value is -0.860. The first-order chi connectivity index (χ1) is 9.40. The number of rotatable bonds is 4. The van der Waals surface area contributed by atoms with Gasteiger partial charge in [-0.1, -0.05) is 50.5 Å². The fourth-order valence-corrected chi connectivity index (χ4v) is 3.73. The maximum atomic E-state index is 3.55. The zero-order valence-electron chi connectivity index (χ0n) is 12.1. The van der Waals surface area contributed by atoms with Crippen molar-refractivity contribution >= 4 is 0 Å². The summed E-state index contributed by atoms with van der Waals surface area (Å²) >= 11 is 0. The average Bonchev–Trinajstić information content (AvgIpc) is 2.47. The third-order valence-electron chi connectivity index (χ3n) is 4.76. The molecule has 2 atom stereocenters. The molecule has 0 unspecified atom stereocenters. The second-order valence-electron chi connectivity index (χ2n) is 6.04. The van der Waals surface area contributed by atoms with Crippen molar-refractivity contribution in [3.05, 3.63) is 35.4 Å². The largest absolute Gasteiger partial charge is 0.314 e. The van der Waals surface area contributed by atoms with Gasteiger partial charge in [-0.25, -0.2) is 0 Å². The van der Waals surface area contributed by atoms with Gasteiger partial charge in [0, 0.05) is 32.2 Å². The summed E-state index contributed by atoms with van der Waals surface area (Å²) in [6.07, 6.45) is 5.45. The second-order valence-corrected chi connectivity index (χ2v) is 6.04. The Bertz CT molecular complexity index is 415. The molecule has 2 aliphatic heterocycles. The molecule has 2 aliphatic rings. The standard InChI is InChI=1S/C17H26N2/c1-2-3-4-7-14-13-19-11-10-18-12-17(19)16-9-6-5-8-15(14)16/h5-6,8-9,14,17-18H,2-4,7,10-13H2,1H3/t14-,17-/m1/s1. The molecule has 2 heterocycles. The third kappa shape index (κ3) is 2.70. The van der Waals surface area contributed by atoms with Gasteiger partial charge in [-0.2, -0.15) is 0 Å². The Morgan fingerprint density at radius 3 is 2.89 bits per heavy atom. The predicted octanol–water partition coefficient (Wildman–Crippen LogP) is 3.31. The lowest BCUT2D eigenvalue weighted by Crippen LogP contribution is -2.49. The highest BCUT2D eigenvalue weighted by atomic mass is 15.2. The van der Waals surface area contributed by atoms with E-state index in [1.54, 1.807) is 11.1 Å². The van der Waals surface area contributed by atoms with Crippen LogP contribution in [0.25, 0.3) is 0 Å². The van der Waals surface area contributed by atoms with Crippen molar-refractivity contribution in [2.24, 2.45) is 0 Å². The highest BCUT2D eigenvalue weighted by molar-refractivity contribution is 5.36. The summed E-state index contributed by atoms with van der Waals surface area (Å²) in [4.78, 5) is 2.70. The number of unbranched alkanes of at least 4 members (excludes halogenated alkanes) is 2. The minimum absolute atomic E-state index is 0.618. The number of benzene rings is 1. The summed E-state index contributed by atoms with van der Waals surface area (Å²) in [5.74, 6) is 0.761. The molecule has 0 bridgehead atoms. The Balaban J connectivity index is 1.81. The van der Waals surface area contributed by atoms with Crippen LogP contribution in [0.1, 0.15) is 55.7 Å². The van der Waals surface area contributed by atoms with Gasteiger partial charge >= 0.3 is 0 Å². The molecule has 0 spiro atoms. The minimum atomic E-state index is 0.618. The molecule has 19 heavy (non-hydrogen) atoms. The molecule has 1 N–H and O–H groups in total. The fourth-order valence-electron chi connectivity index (χ4n) is 3.73. The Kier molecular flexibility index (Phi) is 4.19. The second kappa shape index (κ2) is 6.06. The van der Waals surface area contributed by atoms with Crippen LogP contribution in [0.15, 0.2) is 24.3 Å². The number of nitrogens with one attached hydrogen (secondary N) is 1. The summed E-state index contributed by atoms with van der Waals surface area (Å²) in [7, 11) is 0. The van der Waals surface area contributed by atoms with Crippen LogP contribution in [0.3, 0.4) is 0 Å². The molecule has 0 aromatic heterocycles. The van der Waals surface area contributed by atoms with Crippen LogP contribution in [-0.4, -0.2) is 31.1 Å². The molecule has 1 aromatic carbocycles. The van der Waals surface area contributed by atoms with E-state index in [0.29, 0.717) is 6.04 Å². The monoisotopic (exact) mass is 258 g/mol. The highest BCUT2D eigenvalue weighted by Crippen LogP contribution is 2.38. The SMILES string of the molecule is CCCCC[C@@H]1CN2CCNC[C@@H]2c2ccccc21. The molecule has 3 rings (SSSR count). The van der Waals surface area contributed by atoms with Crippen LogP contribution in [-0.2, 0) is 0 Å². The Morgan fingerprint density at radius 1 is 1.21 bits per heavy atom. The number of nitrogens with zero attached hydrogens (tertiary/aromatic N) is 1. The smallest absolute Gasteiger partial charge is 0.0476 e. The van der Waals surface area contributed by atoms with Gasteiger partial charge in [0.15, 0.2) is 0 Å². The zero-order valence-corrected chi connectivity index (χ0v) is 12.1. The van der Waals surface area contributed by atoms with Crippen molar-refractivity contribution in [2.45, 2.75) is 44.6 Å². The van der Waals surface area contributed by atoms with E-state index in [0.717, 1.165) is 19.0 Å². The van der Waals surface area contributed by atoms with Gasteiger partial charge in [-0.3, -0.25) is 4.90 Å². The summed E-state index contributed by atoms with van der Waals surface area (Å²) in [6.45, 7) is 7.05. The lowest BCUT2D eigenvalue weighted by molar-refractivity contribution is 0.133. The van der Waals surface area contributed by atoms with Crippen LogP contribution in [0.2, 0.25) is 0 Å². The van der Waals surface area contributed by atoms with E-state index in [4.69, 9.17) is 0 Å². The Morgan fingerprint density at radius 2 is 2.05 bits per heavy atom. The molecule has 2 nitrogen and oxygen atoms in total. The van der Waals surface area contributed by atoms with Gasteiger partial charge in [-0.05, 0) is 23.5 Å². The van der Waals surface area contributed by atoms with E-state index in [1.807, 2.05) is 0 Å². The molecule has 0 saturated carbocycles. The third-order valence-corrected chi connectivity index (χ3v) is 4.76. The van der Waals surface area contributed by atoms with Crippen LogP contribution in [0, 0.1) is 0 Å². The molecular formula is C17H26N2. The summed E-state index contributed by atoms with van der Waals surface area (Å²) in [5, 5.41) is 3.55. The average molecular weight is 258 g/mol. The number of piperazine rings is 1. The Labute approximate surface area is 117 Å². The first kappa shape index (κ1) is 13.1. The molecule has 0 aliphatic carbocycles. The molecule has 1 saturated heterocycles. The van der Waals surface area contributed by atoms with Gasteiger partial charge in [-0.15, -0.1) is 0 Å². The van der Waals surface area contributed by atoms with Gasteiger partial charge in [0.05, 0.1) is 0 Å². The molecule has 0 radical (unpaired) electrons. The summed E-state index contributed by atoms with van der Waals surface area (Å²) in [5.41, 5.74) is 3.21. The first-order valence-electron chi connectivity index (χ1n) is 7.93. The topological polar surface area (TPSA) is 15.3 Å². The van der Waals surface area contributed by atoms with E-state index >= 15 is 0 Å². The number of hydrogen-bond acceptors (Lipinski definition) is 2. The van der Waals surface area contributed by atoms with Crippen LogP contribution in [0.4, 0.5) is 0 Å². The maximum Gasteiger partial charge on any atom is 0.0476 e. The zero-order chi connectivity index (χ0) is 13.1. The number of fused-ring (bicyclic) bond motifs is 3. The van der Waals surface area contributed by atoms with Crippen molar-refractivity contribution in [2.75, 3.05) is 26.2 Å². The summed E-state index contributed by atoms with van der Waals surface area (Å²) < 4.78 is 0. The summed E-state index contributed by atoms with van der Waals surface area (Å²) in [6, 6.07) is 9.77. The minimum Gasteiger partial charge on any atom is -0.314 e. The van der Waals surface area contributed by atoms with E-state index in [2.05, 4.69) is 41.4 Å². The van der Waals surface area contributed by atoms with E-state index < -0.39 is 0 Å². The number of hydrogen-bond donors (Lipinski definition) is 1. The molecule has 1 aromatic rings. The lowest BCUT2D eigenvalue weighted by atomic mass is 9.82. The fraction of sp³-hybridized carbons (Fsp3) is 0.647. The lowest BCUT2D eigenvalue weighted by Gasteiger charge is -2.44. The van der Waals surface area contributed by atoms with E-state index in [1.165, 1.54) is 38.8 Å². The van der Waals surface area contributed by atoms with Crippen LogP contribution < -0.4 is 5.32 Å². The normalized spacial score (nSPS) is 26.8. The maximum absolute atomic E-state index is 3.55. The van der Waals surface area contributed by atoms with E-state index in [9.17, 15) is 0 Å². The molecular weight excluding hydrogens is 232 g/mol. The van der Waals surface area contributed by atoms with Crippen molar-refractivity contribution in [1.82, 2.24) is 10.2 Å². The van der Waals surface area contributed by atoms with Gasteiger partial charge in [0.2, 0.25) is 0 Å². The van der Waals surface area contributed by atoms with Gasteiger partial charge < -0.3 is 5.32 Å². The molecule has 2 heteroatoms. The van der Waals surface area contributed by atoms with Crippen molar-refractivity contribution < 1.29 is 0 Å². The molecule has 1 fully saturated rings. The van der Waals surface area contributed by atoms with Gasteiger partial charge in [0.1, 0.15) is 0 Å². The predicted molar refractivity (Wildman–Crippen MR) is 80.5 cm³/mol. The van der Waals surface area contributed by atoms with Gasteiger partial charge in [0.25, 0.3) is 0 Å². The first-order valence-corrected chi connectivity index (χ1v) is 7.93. The van der Waals surface area contributed by atoms with Crippen LogP contribution in [0.5, 0.6) is 0 Å². The van der Waals surface area contributed by atoms with E-state index in [-0.39, 0.29) is 0 Å². The quantitative estimate of drug-likeness (QED) is 0.834.